The van der Waals surface area contributed by atoms with E-state index in [1.165, 1.54) is 4.57 Å². The fourth-order valence-corrected chi connectivity index (χ4v) is 3.56. The van der Waals surface area contributed by atoms with Gasteiger partial charge in [-0.2, -0.15) is 5.10 Å². The molecule has 0 spiro atoms. The number of nitrogens with one attached hydrogen (secondary N) is 1. The molecule has 0 unspecified atom stereocenters. The Morgan fingerprint density at radius 1 is 1.27 bits per heavy atom. The lowest BCUT2D eigenvalue weighted by Crippen LogP contribution is -2.56. The Bertz CT molecular complexity index is 1050. The van der Waals surface area contributed by atoms with Crippen LogP contribution in [0, 0.1) is 6.92 Å². The number of benzene rings is 1. The summed E-state index contributed by atoms with van der Waals surface area (Å²) in [7, 11) is 1.63. The minimum Gasteiger partial charge on any atom is -0.391 e. The summed E-state index contributed by atoms with van der Waals surface area (Å²) in [6, 6.07) is 6.58. The predicted molar refractivity (Wildman–Crippen MR) is 97.1 cm³/mol. The van der Waals surface area contributed by atoms with E-state index in [2.05, 4.69) is 10.4 Å². The van der Waals surface area contributed by atoms with Crippen molar-refractivity contribution in [1.82, 2.24) is 19.7 Å². The topological polar surface area (TPSA) is 89.2 Å². The van der Waals surface area contributed by atoms with E-state index in [0.29, 0.717) is 22.8 Å². The highest BCUT2D eigenvalue weighted by molar-refractivity contribution is 6.06. The van der Waals surface area contributed by atoms with Gasteiger partial charge in [0, 0.05) is 30.2 Å². The predicted octanol–water partition coefficient (Wildman–Crippen LogP) is 1.15. The molecule has 7 heteroatoms. The van der Waals surface area contributed by atoms with Gasteiger partial charge in [-0.05, 0) is 25.0 Å². The molecular weight excluding hydrogens is 332 g/mol. The van der Waals surface area contributed by atoms with E-state index >= 15 is 0 Å². The standard InChI is InChI=1S/C19H20N4O3/c1-11-8-20-23(9-11)17-15(7-16(17)24)21-18(25)14-10-22(2)19(26)13-6-4-3-5-12(13)14/h3-6,8-10,15-17,24H,7H2,1-2H3,(H,21,25)/t15-,16+,17+/m0/s1. The smallest absolute Gasteiger partial charge is 0.258 e. The monoisotopic (exact) mass is 352 g/mol. The number of aliphatic hydroxyl groups is 1. The van der Waals surface area contributed by atoms with Crippen LogP contribution < -0.4 is 10.9 Å². The first-order valence-electron chi connectivity index (χ1n) is 8.54. The van der Waals surface area contributed by atoms with Crippen LogP contribution in [0.3, 0.4) is 0 Å². The van der Waals surface area contributed by atoms with Crippen LogP contribution in [-0.4, -0.2) is 37.5 Å². The third-order valence-corrected chi connectivity index (χ3v) is 4.99. The lowest BCUT2D eigenvalue weighted by molar-refractivity contribution is -0.00588. The average molecular weight is 352 g/mol. The number of rotatable bonds is 3. The molecule has 2 aromatic heterocycles. The van der Waals surface area contributed by atoms with Crippen molar-refractivity contribution in [2.75, 3.05) is 0 Å². The second-order valence-electron chi connectivity index (χ2n) is 6.88. The number of pyridine rings is 1. The van der Waals surface area contributed by atoms with Gasteiger partial charge < -0.3 is 15.0 Å². The number of hydrogen-bond acceptors (Lipinski definition) is 4. The lowest BCUT2D eigenvalue weighted by Gasteiger charge is -2.41. The molecule has 1 saturated carbocycles. The maximum atomic E-state index is 12.9. The Balaban J connectivity index is 1.64. The minimum atomic E-state index is -0.545. The summed E-state index contributed by atoms with van der Waals surface area (Å²) in [4.78, 5) is 25.1. The molecule has 2 heterocycles. The summed E-state index contributed by atoms with van der Waals surface area (Å²) in [6.07, 6.45) is 5.07. The molecular formula is C19H20N4O3. The molecule has 26 heavy (non-hydrogen) atoms. The van der Waals surface area contributed by atoms with Crippen molar-refractivity contribution < 1.29 is 9.90 Å². The van der Waals surface area contributed by atoms with Crippen molar-refractivity contribution in [3.8, 4) is 0 Å². The van der Waals surface area contributed by atoms with Crippen molar-refractivity contribution in [2.45, 2.75) is 31.5 Å². The van der Waals surface area contributed by atoms with E-state index < -0.39 is 6.10 Å². The highest BCUT2D eigenvalue weighted by Gasteiger charge is 2.43. The van der Waals surface area contributed by atoms with Gasteiger partial charge in [0.2, 0.25) is 0 Å². The second kappa shape index (κ2) is 6.10. The Morgan fingerprint density at radius 3 is 2.65 bits per heavy atom. The van der Waals surface area contributed by atoms with Gasteiger partial charge in [0.1, 0.15) is 0 Å². The Labute approximate surface area is 149 Å². The van der Waals surface area contributed by atoms with Crippen LogP contribution >= 0.6 is 0 Å². The fraction of sp³-hybridized carbons (Fsp3) is 0.316. The third-order valence-electron chi connectivity index (χ3n) is 4.99. The second-order valence-corrected chi connectivity index (χ2v) is 6.88. The summed E-state index contributed by atoms with van der Waals surface area (Å²) < 4.78 is 3.12. The number of aliphatic hydroxyl groups excluding tert-OH is 1. The van der Waals surface area contributed by atoms with Crippen LogP contribution in [0.1, 0.15) is 28.4 Å². The third kappa shape index (κ3) is 2.61. The number of nitrogens with zero attached hydrogens (tertiary/aromatic N) is 3. The number of fused-ring (bicyclic) bond motifs is 1. The molecule has 7 nitrogen and oxygen atoms in total. The Kier molecular flexibility index (Phi) is 3.88. The molecule has 1 aromatic carbocycles. The van der Waals surface area contributed by atoms with Crippen molar-refractivity contribution >= 4 is 16.7 Å². The van der Waals surface area contributed by atoms with Crippen LogP contribution in [0.2, 0.25) is 0 Å². The van der Waals surface area contributed by atoms with Gasteiger partial charge >= 0.3 is 0 Å². The number of aryl methyl sites for hydroxylation is 2. The molecule has 1 fully saturated rings. The fourth-order valence-electron chi connectivity index (χ4n) is 3.56. The SMILES string of the molecule is Cc1cnn([C@H]2[C@H](O)C[C@@H]2NC(=O)c2cn(C)c(=O)c3ccccc23)c1. The molecule has 0 saturated heterocycles. The molecule has 134 valence electrons. The largest absolute Gasteiger partial charge is 0.391 e. The van der Waals surface area contributed by atoms with Gasteiger partial charge in [0.15, 0.2) is 0 Å². The van der Waals surface area contributed by atoms with Crippen LogP contribution in [0.15, 0.2) is 47.7 Å². The van der Waals surface area contributed by atoms with Gasteiger partial charge in [-0.15, -0.1) is 0 Å². The Hall–Kier alpha value is -2.93. The zero-order valence-electron chi connectivity index (χ0n) is 14.6. The normalized spacial score (nSPS) is 22.2. The van der Waals surface area contributed by atoms with Crippen LogP contribution in [0.25, 0.3) is 10.8 Å². The molecule has 3 atom stereocenters. The first-order chi connectivity index (χ1) is 12.5. The van der Waals surface area contributed by atoms with Crippen molar-refractivity contribution in [3.63, 3.8) is 0 Å². The molecule has 0 bridgehead atoms. The van der Waals surface area contributed by atoms with E-state index in [0.717, 1.165) is 5.56 Å². The van der Waals surface area contributed by atoms with Crippen molar-refractivity contribution in [3.05, 3.63) is 64.3 Å². The van der Waals surface area contributed by atoms with E-state index in [9.17, 15) is 14.7 Å². The van der Waals surface area contributed by atoms with E-state index in [1.807, 2.05) is 13.1 Å². The summed E-state index contributed by atoms with van der Waals surface area (Å²) in [5.41, 5.74) is 1.30. The molecule has 2 N–H and O–H groups in total. The Morgan fingerprint density at radius 2 is 2.00 bits per heavy atom. The zero-order chi connectivity index (χ0) is 18.4. The van der Waals surface area contributed by atoms with E-state index in [-0.39, 0.29) is 23.6 Å². The maximum absolute atomic E-state index is 12.9. The molecule has 1 amide bonds. The maximum Gasteiger partial charge on any atom is 0.258 e. The van der Waals surface area contributed by atoms with Crippen molar-refractivity contribution in [2.24, 2.45) is 7.05 Å². The number of amides is 1. The summed E-state index contributed by atoms with van der Waals surface area (Å²) >= 11 is 0. The average Bonchev–Trinajstić information content (AvgIpc) is 3.02. The van der Waals surface area contributed by atoms with Crippen LogP contribution in [0.4, 0.5) is 0 Å². The quantitative estimate of drug-likeness (QED) is 0.740. The number of aromatic nitrogens is 3. The highest BCUT2D eigenvalue weighted by Crippen LogP contribution is 2.33. The van der Waals surface area contributed by atoms with Crippen LogP contribution in [-0.2, 0) is 7.05 Å². The van der Waals surface area contributed by atoms with E-state index in [4.69, 9.17) is 0 Å². The molecule has 0 radical (unpaired) electrons. The minimum absolute atomic E-state index is 0.138. The van der Waals surface area contributed by atoms with Gasteiger partial charge in [-0.25, -0.2) is 0 Å². The lowest BCUT2D eigenvalue weighted by atomic mass is 9.82. The first kappa shape index (κ1) is 16.5. The van der Waals surface area contributed by atoms with Gasteiger partial charge in [0.05, 0.1) is 29.9 Å². The van der Waals surface area contributed by atoms with E-state index in [1.54, 1.807) is 48.4 Å². The van der Waals surface area contributed by atoms with Gasteiger partial charge in [0.25, 0.3) is 11.5 Å². The zero-order valence-corrected chi connectivity index (χ0v) is 14.6. The first-order valence-corrected chi connectivity index (χ1v) is 8.54. The number of carbonyl (C=O) groups excluding carboxylic acids is 1. The van der Waals surface area contributed by atoms with Gasteiger partial charge in [-0.3, -0.25) is 14.3 Å². The number of carbonyl (C=O) groups is 1. The molecule has 0 aliphatic heterocycles. The molecule has 1 aliphatic carbocycles. The molecule has 1 aliphatic rings. The van der Waals surface area contributed by atoms with Crippen LogP contribution in [0.5, 0.6) is 0 Å². The summed E-state index contributed by atoms with van der Waals surface area (Å²) in [6.45, 7) is 1.93. The summed E-state index contributed by atoms with van der Waals surface area (Å²) in [5, 5.41) is 18.5. The highest BCUT2D eigenvalue weighted by atomic mass is 16.3. The van der Waals surface area contributed by atoms with Gasteiger partial charge in [-0.1, -0.05) is 18.2 Å². The molecule has 4 rings (SSSR count). The summed E-state index contributed by atoms with van der Waals surface area (Å²) in [5.74, 6) is -0.262. The van der Waals surface area contributed by atoms with Crippen molar-refractivity contribution in [1.29, 1.82) is 0 Å². The number of hydrogen-bond donors (Lipinski definition) is 2. The molecule has 3 aromatic rings.